The molecule has 2 aromatic carbocycles. The van der Waals surface area contributed by atoms with Gasteiger partial charge < -0.3 is 5.32 Å². The van der Waals surface area contributed by atoms with Crippen LogP contribution in [0.1, 0.15) is 15.9 Å². The molecule has 0 unspecified atom stereocenters. The van der Waals surface area contributed by atoms with Gasteiger partial charge in [0.15, 0.2) is 0 Å². The molecule has 0 atom stereocenters. The Morgan fingerprint density at radius 3 is 2.58 bits per heavy atom. The molecule has 2 rings (SSSR count). The Morgan fingerprint density at radius 1 is 1.16 bits per heavy atom. The lowest BCUT2D eigenvalue weighted by Gasteiger charge is -2.08. The molecule has 0 spiro atoms. The summed E-state index contributed by atoms with van der Waals surface area (Å²) in [6.07, 6.45) is 0. The quantitative estimate of drug-likeness (QED) is 0.856. The highest BCUT2D eigenvalue weighted by Gasteiger charge is 2.12. The zero-order chi connectivity index (χ0) is 14.0. The van der Waals surface area contributed by atoms with Gasteiger partial charge in [0, 0.05) is 15.7 Å². The molecule has 5 heteroatoms. The van der Waals surface area contributed by atoms with E-state index in [1.807, 2.05) is 6.92 Å². The Balaban J connectivity index is 2.25. The molecule has 0 saturated carbocycles. The van der Waals surface area contributed by atoms with Crippen LogP contribution in [0.25, 0.3) is 0 Å². The standard InChI is InChI=1S/C14H10Cl2FNO/c1-8-2-4-10(7-12(8)16)18-14(19)11-6-9(15)3-5-13(11)17/h2-7H,1H3,(H,18,19). The fourth-order valence-electron chi connectivity index (χ4n) is 1.54. The third-order valence-electron chi connectivity index (χ3n) is 2.60. The van der Waals surface area contributed by atoms with Crippen LogP contribution in [0.3, 0.4) is 0 Å². The van der Waals surface area contributed by atoms with Crippen LogP contribution in [0, 0.1) is 12.7 Å². The number of aryl methyl sites for hydroxylation is 1. The van der Waals surface area contributed by atoms with Gasteiger partial charge in [0.05, 0.1) is 5.56 Å². The maximum absolute atomic E-state index is 13.5. The van der Waals surface area contributed by atoms with Gasteiger partial charge in [-0.2, -0.15) is 0 Å². The van der Waals surface area contributed by atoms with E-state index >= 15 is 0 Å². The lowest BCUT2D eigenvalue weighted by molar-refractivity contribution is 0.102. The van der Waals surface area contributed by atoms with E-state index in [1.54, 1.807) is 18.2 Å². The predicted molar refractivity (Wildman–Crippen MR) is 75.6 cm³/mol. The van der Waals surface area contributed by atoms with Crippen LogP contribution in [-0.2, 0) is 0 Å². The summed E-state index contributed by atoms with van der Waals surface area (Å²) in [6, 6.07) is 8.89. The van der Waals surface area contributed by atoms with E-state index in [1.165, 1.54) is 12.1 Å². The van der Waals surface area contributed by atoms with Gasteiger partial charge >= 0.3 is 0 Å². The number of nitrogens with one attached hydrogen (secondary N) is 1. The Labute approximate surface area is 120 Å². The first-order valence-electron chi connectivity index (χ1n) is 5.50. The summed E-state index contributed by atoms with van der Waals surface area (Å²) >= 11 is 11.7. The summed E-state index contributed by atoms with van der Waals surface area (Å²) < 4.78 is 13.5. The Hall–Kier alpha value is -1.58. The van der Waals surface area contributed by atoms with Crippen LogP contribution >= 0.6 is 23.2 Å². The first-order chi connectivity index (χ1) is 8.97. The average Bonchev–Trinajstić information content (AvgIpc) is 2.36. The van der Waals surface area contributed by atoms with Crippen molar-refractivity contribution in [1.82, 2.24) is 0 Å². The number of amides is 1. The van der Waals surface area contributed by atoms with E-state index in [4.69, 9.17) is 23.2 Å². The van der Waals surface area contributed by atoms with Crippen LogP contribution in [0.15, 0.2) is 36.4 Å². The van der Waals surface area contributed by atoms with Crippen LogP contribution < -0.4 is 5.32 Å². The molecule has 0 saturated heterocycles. The van der Waals surface area contributed by atoms with Crippen LogP contribution in [0.2, 0.25) is 10.0 Å². The summed E-state index contributed by atoms with van der Waals surface area (Å²) in [5.41, 5.74) is 1.29. The molecule has 0 heterocycles. The summed E-state index contributed by atoms with van der Waals surface area (Å²) in [6.45, 7) is 1.85. The van der Waals surface area contributed by atoms with Crippen LogP contribution in [0.4, 0.5) is 10.1 Å². The Kier molecular flexibility index (Phi) is 4.08. The second-order valence-corrected chi connectivity index (χ2v) is 4.89. The van der Waals surface area contributed by atoms with Crippen LogP contribution in [-0.4, -0.2) is 5.91 Å². The van der Waals surface area contributed by atoms with Crippen molar-refractivity contribution in [2.45, 2.75) is 6.92 Å². The van der Waals surface area contributed by atoms with Gasteiger partial charge in [-0.05, 0) is 42.8 Å². The largest absolute Gasteiger partial charge is 0.322 e. The molecule has 1 N–H and O–H groups in total. The van der Waals surface area contributed by atoms with Crippen molar-refractivity contribution < 1.29 is 9.18 Å². The number of rotatable bonds is 2. The molecule has 19 heavy (non-hydrogen) atoms. The number of hydrogen-bond donors (Lipinski definition) is 1. The van der Waals surface area contributed by atoms with Crippen LogP contribution in [0.5, 0.6) is 0 Å². The Bertz CT molecular complexity index is 643. The molecule has 0 bridgehead atoms. The monoisotopic (exact) mass is 297 g/mol. The van der Waals surface area contributed by atoms with E-state index in [9.17, 15) is 9.18 Å². The van der Waals surface area contributed by atoms with E-state index in [-0.39, 0.29) is 5.56 Å². The number of halogens is 3. The molecule has 98 valence electrons. The SMILES string of the molecule is Cc1ccc(NC(=O)c2cc(Cl)ccc2F)cc1Cl. The third kappa shape index (κ3) is 3.25. The molecule has 1 amide bonds. The van der Waals surface area contributed by atoms with Gasteiger partial charge in [0.2, 0.25) is 0 Å². The summed E-state index contributed by atoms with van der Waals surface area (Å²) in [5, 5.41) is 3.40. The predicted octanol–water partition coefficient (Wildman–Crippen LogP) is 4.69. The highest BCUT2D eigenvalue weighted by molar-refractivity contribution is 6.32. The fraction of sp³-hybridized carbons (Fsp3) is 0.0714. The highest BCUT2D eigenvalue weighted by Crippen LogP contribution is 2.21. The van der Waals surface area contributed by atoms with Gasteiger partial charge in [-0.3, -0.25) is 4.79 Å². The van der Waals surface area contributed by atoms with Crippen molar-refractivity contribution in [3.05, 3.63) is 63.4 Å². The average molecular weight is 298 g/mol. The molecular weight excluding hydrogens is 288 g/mol. The minimum atomic E-state index is -0.625. The lowest BCUT2D eigenvalue weighted by Crippen LogP contribution is -2.13. The number of benzene rings is 2. The van der Waals surface area contributed by atoms with Gasteiger partial charge in [-0.1, -0.05) is 29.3 Å². The fourth-order valence-corrected chi connectivity index (χ4v) is 1.89. The van der Waals surface area contributed by atoms with Gasteiger partial charge in [0.1, 0.15) is 5.82 Å². The zero-order valence-corrected chi connectivity index (χ0v) is 11.5. The maximum atomic E-state index is 13.5. The zero-order valence-electron chi connectivity index (χ0n) is 10.0. The van der Waals surface area contributed by atoms with E-state index in [0.29, 0.717) is 15.7 Å². The first kappa shape index (κ1) is 13.8. The van der Waals surface area contributed by atoms with E-state index in [2.05, 4.69) is 5.32 Å². The van der Waals surface area contributed by atoms with Gasteiger partial charge in [-0.15, -0.1) is 0 Å². The lowest BCUT2D eigenvalue weighted by atomic mass is 10.2. The molecule has 0 aliphatic carbocycles. The summed E-state index contributed by atoms with van der Waals surface area (Å²) in [7, 11) is 0. The number of hydrogen-bond acceptors (Lipinski definition) is 1. The summed E-state index contributed by atoms with van der Waals surface area (Å²) in [4.78, 5) is 11.9. The molecule has 0 aromatic heterocycles. The molecule has 0 aliphatic heterocycles. The van der Waals surface area contributed by atoms with Gasteiger partial charge in [-0.25, -0.2) is 4.39 Å². The second-order valence-electron chi connectivity index (χ2n) is 4.04. The Morgan fingerprint density at radius 2 is 1.89 bits per heavy atom. The van der Waals surface area contributed by atoms with E-state index in [0.717, 1.165) is 11.6 Å². The summed E-state index contributed by atoms with van der Waals surface area (Å²) in [5.74, 6) is -1.19. The normalized spacial score (nSPS) is 10.3. The topological polar surface area (TPSA) is 29.1 Å². The highest BCUT2D eigenvalue weighted by atomic mass is 35.5. The molecule has 0 radical (unpaired) electrons. The van der Waals surface area contributed by atoms with E-state index < -0.39 is 11.7 Å². The molecule has 2 aromatic rings. The molecule has 0 aliphatic rings. The van der Waals surface area contributed by atoms with Crippen molar-refractivity contribution in [3.63, 3.8) is 0 Å². The van der Waals surface area contributed by atoms with Crippen molar-refractivity contribution in [2.24, 2.45) is 0 Å². The minimum Gasteiger partial charge on any atom is -0.322 e. The third-order valence-corrected chi connectivity index (χ3v) is 3.25. The van der Waals surface area contributed by atoms with Crippen molar-refractivity contribution >= 4 is 34.8 Å². The second kappa shape index (κ2) is 5.59. The minimum absolute atomic E-state index is 0.107. The van der Waals surface area contributed by atoms with Gasteiger partial charge in [0.25, 0.3) is 5.91 Å². The molecule has 2 nitrogen and oxygen atoms in total. The number of carbonyl (C=O) groups excluding carboxylic acids is 1. The number of carbonyl (C=O) groups is 1. The number of anilines is 1. The van der Waals surface area contributed by atoms with Crippen molar-refractivity contribution in [3.8, 4) is 0 Å². The van der Waals surface area contributed by atoms with Crippen molar-refractivity contribution in [2.75, 3.05) is 5.32 Å². The maximum Gasteiger partial charge on any atom is 0.258 e. The molecule has 0 fully saturated rings. The molecular formula is C14H10Cl2FNO. The van der Waals surface area contributed by atoms with Crippen molar-refractivity contribution in [1.29, 1.82) is 0 Å². The first-order valence-corrected chi connectivity index (χ1v) is 6.25. The smallest absolute Gasteiger partial charge is 0.258 e.